The molecule has 0 fully saturated rings. The SMILES string of the molecule is COCCOCCCn1cc(C)nc1SCC(=O)O. The molecular formula is C12H20N2O4S. The fourth-order valence-electron chi connectivity index (χ4n) is 1.51. The van der Waals surface area contributed by atoms with Crippen molar-refractivity contribution in [2.75, 3.05) is 32.7 Å². The maximum atomic E-state index is 10.6. The molecule has 0 aliphatic heterocycles. The number of aromatic nitrogens is 2. The van der Waals surface area contributed by atoms with Crippen LogP contribution in [0.5, 0.6) is 0 Å². The Labute approximate surface area is 117 Å². The molecule has 0 saturated carbocycles. The second-order valence-corrected chi connectivity index (χ2v) is 4.94. The van der Waals surface area contributed by atoms with Gasteiger partial charge in [0.25, 0.3) is 0 Å². The number of aryl methyl sites for hydroxylation is 2. The van der Waals surface area contributed by atoms with E-state index in [-0.39, 0.29) is 5.75 Å². The maximum Gasteiger partial charge on any atom is 0.313 e. The van der Waals surface area contributed by atoms with Crippen LogP contribution in [0.25, 0.3) is 0 Å². The van der Waals surface area contributed by atoms with Gasteiger partial charge in [0, 0.05) is 26.5 Å². The van der Waals surface area contributed by atoms with Crippen molar-refractivity contribution in [3.63, 3.8) is 0 Å². The van der Waals surface area contributed by atoms with E-state index in [1.807, 2.05) is 17.7 Å². The van der Waals surface area contributed by atoms with Gasteiger partial charge in [-0.1, -0.05) is 11.8 Å². The van der Waals surface area contributed by atoms with Crippen LogP contribution < -0.4 is 0 Å². The number of carbonyl (C=O) groups is 1. The van der Waals surface area contributed by atoms with Gasteiger partial charge in [-0.05, 0) is 13.3 Å². The van der Waals surface area contributed by atoms with Gasteiger partial charge in [-0.15, -0.1) is 0 Å². The molecule has 1 aromatic rings. The Morgan fingerprint density at radius 1 is 1.47 bits per heavy atom. The number of ether oxygens (including phenoxy) is 2. The van der Waals surface area contributed by atoms with Crippen molar-refractivity contribution < 1.29 is 19.4 Å². The number of carboxylic acids is 1. The van der Waals surface area contributed by atoms with Crippen molar-refractivity contribution in [3.05, 3.63) is 11.9 Å². The number of thioether (sulfide) groups is 1. The van der Waals surface area contributed by atoms with E-state index in [9.17, 15) is 4.79 Å². The minimum absolute atomic E-state index is 0.0286. The van der Waals surface area contributed by atoms with Gasteiger partial charge in [-0.25, -0.2) is 4.98 Å². The van der Waals surface area contributed by atoms with Crippen LogP contribution in [0.4, 0.5) is 0 Å². The molecule has 0 spiro atoms. The lowest BCUT2D eigenvalue weighted by atomic mass is 10.4. The van der Waals surface area contributed by atoms with Crippen molar-refractivity contribution in [2.45, 2.75) is 25.0 Å². The Balaban J connectivity index is 2.33. The van der Waals surface area contributed by atoms with Crippen molar-refractivity contribution in [1.29, 1.82) is 0 Å². The Morgan fingerprint density at radius 2 is 2.26 bits per heavy atom. The van der Waals surface area contributed by atoms with Gasteiger partial charge in [-0.3, -0.25) is 4.79 Å². The van der Waals surface area contributed by atoms with Crippen molar-refractivity contribution >= 4 is 17.7 Å². The minimum Gasteiger partial charge on any atom is -0.481 e. The van der Waals surface area contributed by atoms with Gasteiger partial charge in [-0.2, -0.15) is 0 Å². The molecule has 0 atom stereocenters. The van der Waals surface area contributed by atoms with Gasteiger partial charge in [0.1, 0.15) is 0 Å². The largest absolute Gasteiger partial charge is 0.481 e. The monoisotopic (exact) mass is 288 g/mol. The van der Waals surface area contributed by atoms with E-state index in [0.717, 1.165) is 23.8 Å². The molecule has 0 aliphatic rings. The molecule has 19 heavy (non-hydrogen) atoms. The first kappa shape index (κ1) is 16.0. The highest BCUT2D eigenvalue weighted by Crippen LogP contribution is 2.17. The fraction of sp³-hybridized carbons (Fsp3) is 0.667. The highest BCUT2D eigenvalue weighted by Gasteiger charge is 2.08. The van der Waals surface area contributed by atoms with Crippen LogP contribution >= 0.6 is 11.8 Å². The minimum atomic E-state index is -0.833. The first-order chi connectivity index (χ1) is 9.13. The zero-order valence-electron chi connectivity index (χ0n) is 11.3. The van der Waals surface area contributed by atoms with Crippen molar-refractivity contribution in [1.82, 2.24) is 9.55 Å². The Bertz CT molecular complexity index is 395. The number of imidazole rings is 1. The lowest BCUT2D eigenvalue weighted by Gasteiger charge is -2.07. The van der Waals surface area contributed by atoms with Gasteiger partial charge < -0.3 is 19.1 Å². The Kier molecular flexibility index (Phi) is 7.54. The summed E-state index contributed by atoms with van der Waals surface area (Å²) in [5.41, 5.74) is 0.896. The zero-order chi connectivity index (χ0) is 14.1. The fourth-order valence-corrected chi connectivity index (χ4v) is 2.28. The standard InChI is InChI=1S/C12H20N2O4S/c1-10-8-14(4-3-5-18-7-6-17-2)12(13-10)19-9-11(15)16/h8H,3-7,9H2,1-2H3,(H,15,16). The van der Waals surface area contributed by atoms with Gasteiger partial charge in [0.2, 0.25) is 0 Å². The molecule has 6 nitrogen and oxygen atoms in total. The molecule has 0 bridgehead atoms. The molecule has 1 aromatic heterocycles. The average Bonchev–Trinajstić information content (AvgIpc) is 2.71. The lowest BCUT2D eigenvalue weighted by Crippen LogP contribution is -2.07. The number of hydrogen-bond donors (Lipinski definition) is 1. The summed E-state index contributed by atoms with van der Waals surface area (Å²) in [5, 5.41) is 9.43. The summed E-state index contributed by atoms with van der Waals surface area (Å²) in [5.74, 6) is -0.805. The average molecular weight is 288 g/mol. The molecular weight excluding hydrogens is 268 g/mol. The van der Waals surface area contributed by atoms with E-state index in [1.165, 1.54) is 11.8 Å². The van der Waals surface area contributed by atoms with Crippen LogP contribution in [0.3, 0.4) is 0 Å². The van der Waals surface area contributed by atoms with E-state index in [4.69, 9.17) is 14.6 Å². The van der Waals surface area contributed by atoms with Crippen LogP contribution in [0.1, 0.15) is 12.1 Å². The van der Waals surface area contributed by atoms with Crippen LogP contribution in [0, 0.1) is 6.92 Å². The van der Waals surface area contributed by atoms with Gasteiger partial charge >= 0.3 is 5.97 Å². The number of hydrogen-bond acceptors (Lipinski definition) is 5. The third kappa shape index (κ3) is 6.60. The van der Waals surface area contributed by atoms with Crippen molar-refractivity contribution in [3.8, 4) is 0 Å². The van der Waals surface area contributed by atoms with E-state index in [1.54, 1.807) is 7.11 Å². The van der Waals surface area contributed by atoms with Crippen LogP contribution in [-0.2, 0) is 20.8 Å². The lowest BCUT2D eigenvalue weighted by molar-refractivity contribution is -0.133. The molecule has 7 heteroatoms. The van der Waals surface area contributed by atoms with Crippen LogP contribution in [0.15, 0.2) is 11.4 Å². The smallest absolute Gasteiger partial charge is 0.313 e. The summed E-state index contributed by atoms with van der Waals surface area (Å²) in [7, 11) is 1.64. The number of rotatable bonds is 10. The molecule has 108 valence electrons. The number of methoxy groups -OCH3 is 1. The molecule has 0 aromatic carbocycles. The predicted octanol–water partition coefficient (Wildman–Crippen LogP) is 1.42. The van der Waals surface area contributed by atoms with Crippen LogP contribution in [0.2, 0.25) is 0 Å². The molecule has 1 heterocycles. The number of aliphatic carboxylic acids is 1. The second kappa shape index (κ2) is 8.95. The van der Waals surface area contributed by atoms with Gasteiger partial charge in [0.15, 0.2) is 5.16 Å². The third-order valence-corrected chi connectivity index (χ3v) is 3.28. The summed E-state index contributed by atoms with van der Waals surface area (Å²) < 4.78 is 12.2. The molecule has 1 rings (SSSR count). The van der Waals surface area contributed by atoms with Gasteiger partial charge in [0.05, 0.1) is 24.7 Å². The number of nitrogens with zero attached hydrogens (tertiary/aromatic N) is 2. The highest BCUT2D eigenvalue weighted by molar-refractivity contribution is 7.99. The highest BCUT2D eigenvalue weighted by atomic mass is 32.2. The molecule has 0 amide bonds. The summed E-state index contributed by atoms with van der Waals surface area (Å²) in [6.07, 6.45) is 2.79. The van der Waals surface area contributed by atoms with Crippen molar-refractivity contribution in [2.24, 2.45) is 0 Å². The summed E-state index contributed by atoms with van der Waals surface area (Å²) >= 11 is 1.24. The van der Waals surface area contributed by atoms with E-state index >= 15 is 0 Å². The quantitative estimate of drug-likeness (QED) is 0.518. The molecule has 0 aliphatic carbocycles. The first-order valence-electron chi connectivity index (χ1n) is 6.08. The molecule has 0 saturated heterocycles. The third-order valence-electron chi connectivity index (χ3n) is 2.30. The number of carboxylic acid groups (broad SMARTS) is 1. The molecule has 0 unspecified atom stereocenters. The normalized spacial score (nSPS) is 10.8. The van der Waals surface area contributed by atoms with E-state index in [0.29, 0.717) is 19.8 Å². The second-order valence-electron chi connectivity index (χ2n) is 4.00. The van der Waals surface area contributed by atoms with E-state index < -0.39 is 5.97 Å². The summed E-state index contributed by atoms with van der Waals surface area (Å²) in [4.78, 5) is 14.9. The zero-order valence-corrected chi connectivity index (χ0v) is 12.1. The van der Waals surface area contributed by atoms with Crippen LogP contribution in [-0.4, -0.2) is 53.3 Å². The molecule has 0 radical (unpaired) electrons. The predicted molar refractivity (Wildman–Crippen MR) is 72.6 cm³/mol. The summed E-state index contributed by atoms with van der Waals surface area (Å²) in [6.45, 7) is 4.53. The van der Waals surface area contributed by atoms with E-state index in [2.05, 4.69) is 4.98 Å². The summed E-state index contributed by atoms with van der Waals surface area (Å²) in [6, 6.07) is 0. The Hall–Kier alpha value is -1.05. The maximum absolute atomic E-state index is 10.6. The first-order valence-corrected chi connectivity index (χ1v) is 7.07. The molecule has 1 N–H and O–H groups in total. The Morgan fingerprint density at radius 3 is 2.95 bits per heavy atom. The topological polar surface area (TPSA) is 73.6 Å².